The number of rotatable bonds is 9. The summed E-state index contributed by atoms with van der Waals surface area (Å²) in [6, 6.07) is 17.3. The number of methoxy groups -OCH3 is 1. The molecular formula is C20H22ClNO3S. The number of halogens is 1. The van der Waals surface area contributed by atoms with Gasteiger partial charge in [0.15, 0.2) is 0 Å². The molecule has 0 radical (unpaired) electrons. The van der Waals surface area contributed by atoms with Gasteiger partial charge in [-0.2, -0.15) is 0 Å². The molecule has 1 amide bonds. The number of amides is 1. The first kappa shape index (κ1) is 20.3. The quantitative estimate of drug-likeness (QED) is 0.517. The van der Waals surface area contributed by atoms with Crippen molar-refractivity contribution >= 4 is 35.2 Å². The lowest BCUT2D eigenvalue weighted by Crippen LogP contribution is -2.30. The van der Waals surface area contributed by atoms with E-state index in [-0.39, 0.29) is 23.7 Å². The van der Waals surface area contributed by atoms with E-state index in [9.17, 15) is 9.59 Å². The van der Waals surface area contributed by atoms with Crippen LogP contribution in [0, 0.1) is 0 Å². The summed E-state index contributed by atoms with van der Waals surface area (Å²) >= 11 is 7.67. The van der Waals surface area contributed by atoms with Gasteiger partial charge in [0.1, 0.15) is 0 Å². The third kappa shape index (κ3) is 6.73. The van der Waals surface area contributed by atoms with Crippen LogP contribution in [0.25, 0.3) is 0 Å². The molecule has 2 aromatic carbocycles. The number of benzene rings is 2. The molecule has 0 aromatic heterocycles. The van der Waals surface area contributed by atoms with Crippen molar-refractivity contribution in [1.82, 2.24) is 5.32 Å². The maximum absolute atomic E-state index is 12.3. The van der Waals surface area contributed by atoms with E-state index in [4.69, 9.17) is 11.6 Å². The number of ether oxygens (including phenoxy) is 1. The van der Waals surface area contributed by atoms with E-state index in [2.05, 4.69) is 10.1 Å². The molecule has 0 saturated heterocycles. The Balaban J connectivity index is 1.97. The van der Waals surface area contributed by atoms with Crippen LogP contribution in [0.2, 0.25) is 5.02 Å². The molecule has 0 aliphatic rings. The molecule has 2 aromatic rings. The fraction of sp³-hybridized carbons (Fsp3) is 0.300. The van der Waals surface area contributed by atoms with Crippen LogP contribution in [0.3, 0.4) is 0 Å². The second-order valence-corrected chi connectivity index (χ2v) is 7.22. The van der Waals surface area contributed by atoms with Gasteiger partial charge >= 0.3 is 5.97 Å². The van der Waals surface area contributed by atoms with Gasteiger partial charge < -0.3 is 10.1 Å². The number of nitrogens with one attached hydrogen (secondary N) is 1. The zero-order valence-electron chi connectivity index (χ0n) is 14.6. The van der Waals surface area contributed by atoms with Crippen LogP contribution in [0.5, 0.6) is 0 Å². The highest BCUT2D eigenvalue weighted by Gasteiger charge is 2.16. The topological polar surface area (TPSA) is 55.4 Å². The summed E-state index contributed by atoms with van der Waals surface area (Å²) in [5.41, 5.74) is 2.02. The van der Waals surface area contributed by atoms with E-state index >= 15 is 0 Å². The van der Waals surface area contributed by atoms with Crippen LogP contribution >= 0.6 is 23.4 Å². The van der Waals surface area contributed by atoms with Gasteiger partial charge in [-0.3, -0.25) is 9.59 Å². The molecule has 0 aliphatic heterocycles. The summed E-state index contributed by atoms with van der Waals surface area (Å²) in [6.07, 6.45) is 0.957. The van der Waals surface area contributed by atoms with E-state index in [0.29, 0.717) is 23.6 Å². The van der Waals surface area contributed by atoms with Crippen molar-refractivity contribution in [3.05, 3.63) is 70.7 Å². The van der Waals surface area contributed by atoms with Crippen molar-refractivity contribution in [2.24, 2.45) is 0 Å². The third-order valence-corrected chi connectivity index (χ3v) is 5.14. The number of thioether (sulfide) groups is 1. The normalized spacial score (nSPS) is 11.6. The highest BCUT2D eigenvalue weighted by molar-refractivity contribution is 7.99. The van der Waals surface area contributed by atoms with Crippen LogP contribution in [0.4, 0.5) is 0 Å². The molecule has 138 valence electrons. The molecule has 26 heavy (non-hydrogen) atoms. The van der Waals surface area contributed by atoms with Crippen LogP contribution in [0.1, 0.15) is 23.6 Å². The molecule has 0 heterocycles. The van der Waals surface area contributed by atoms with Gasteiger partial charge in [0.05, 0.1) is 18.9 Å². The smallest absolute Gasteiger partial charge is 0.315 e. The molecular weight excluding hydrogens is 370 g/mol. The molecule has 0 spiro atoms. The molecule has 1 atom stereocenters. The average molecular weight is 392 g/mol. The van der Waals surface area contributed by atoms with Crippen molar-refractivity contribution in [2.75, 3.05) is 18.6 Å². The molecule has 0 bridgehead atoms. The fourth-order valence-corrected chi connectivity index (χ4v) is 3.44. The molecule has 0 fully saturated rings. The summed E-state index contributed by atoms with van der Waals surface area (Å²) < 4.78 is 4.58. The number of hydrogen-bond acceptors (Lipinski definition) is 4. The van der Waals surface area contributed by atoms with Gasteiger partial charge in [0.2, 0.25) is 5.91 Å². The first-order valence-electron chi connectivity index (χ1n) is 8.32. The molecule has 1 unspecified atom stereocenters. The Morgan fingerprint density at radius 1 is 1.12 bits per heavy atom. The Morgan fingerprint density at radius 2 is 1.81 bits per heavy atom. The summed E-state index contributed by atoms with van der Waals surface area (Å²) in [7, 11) is 1.36. The van der Waals surface area contributed by atoms with Gasteiger partial charge in [0, 0.05) is 17.2 Å². The van der Waals surface area contributed by atoms with Crippen LogP contribution in [-0.4, -0.2) is 30.5 Å². The number of carbonyl (C=O) groups is 2. The molecule has 0 aliphatic carbocycles. The zero-order valence-corrected chi connectivity index (χ0v) is 16.2. The first-order valence-corrected chi connectivity index (χ1v) is 9.85. The lowest BCUT2D eigenvalue weighted by atomic mass is 9.98. The predicted octanol–water partition coefficient (Wildman–Crippen LogP) is 4.04. The summed E-state index contributed by atoms with van der Waals surface area (Å²) in [4.78, 5) is 23.4. The molecule has 1 N–H and O–H groups in total. The van der Waals surface area contributed by atoms with Crippen LogP contribution < -0.4 is 5.32 Å². The van der Waals surface area contributed by atoms with E-state index in [1.54, 1.807) is 0 Å². The molecule has 2 rings (SSSR count). The lowest BCUT2D eigenvalue weighted by molar-refractivity contribution is -0.137. The van der Waals surface area contributed by atoms with Crippen LogP contribution in [0.15, 0.2) is 54.6 Å². The minimum absolute atomic E-state index is 0.0525. The highest BCUT2D eigenvalue weighted by Crippen LogP contribution is 2.23. The van der Waals surface area contributed by atoms with Crippen molar-refractivity contribution in [3.8, 4) is 0 Å². The summed E-state index contributed by atoms with van der Waals surface area (Å²) in [5.74, 6) is 0.486. The summed E-state index contributed by atoms with van der Waals surface area (Å²) in [5, 5.41) is 3.78. The van der Waals surface area contributed by atoms with Gasteiger partial charge in [-0.05, 0) is 23.6 Å². The SMILES string of the molecule is COC(=O)CSCCC(=O)NC(Cc1ccccc1Cl)c1ccccc1. The Bertz CT molecular complexity index is 724. The minimum Gasteiger partial charge on any atom is -0.468 e. The van der Waals surface area contributed by atoms with Crippen LogP contribution in [-0.2, 0) is 20.7 Å². The maximum Gasteiger partial charge on any atom is 0.315 e. The predicted molar refractivity (Wildman–Crippen MR) is 106 cm³/mol. The molecule has 6 heteroatoms. The van der Waals surface area contributed by atoms with Gasteiger partial charge in [-0.15, -0.1) is 11.8 Å². The van der Waals surface area contributed by atoms with Crippen molar-refractivity contribution in [3.63, 3.8) is 0 Å². The second-order valence-electron chi connectivity index (χ2n) is 5.71. The lowest BCUT2D eigenvalue weighted by Gasteiger charge is -2.20. The Labute approximate surface area is 163 Å². The van der Waals surface area contributed by atoms with Gasteiger partial charge in [0.25, 0.3) is 0 Å². The van der Waals surface area contributed by atoms with Crippen molar-refractivity contribution in [2.45, 2.75) is 18.9 Å². The minimum atomic E-state index is -0.281. The van der Waals surface area contributed by atoms with E-state index < -0.39 is 0 Å². The third-order valence-electron chi connectivity index (χ3n) is 3.84. The van der Waals surface area contributed by atoms with E-state index in [1.165, 1.54) is 18.9 Å². The number of esters is 1. The highest BCUT2D eigenvalue weighted by atomic mass is 35.5. The van der Waals surface area contributed by atoms with Crippen molar-refractivity contribution < 1.29 is 14.3 Å². The number of carbonyl (C=O) groups excluding carboxylic acids is 2. The Hall–Kier alpha value is -1.98. The van der Waals surface area contributed by atoms with Gasteiger partial charge in [-0.1, -0.05) is 60.1 Å². The summed E-state index contributed by atoms with van der Waals surface area (Å²) in [6.45, 7) is 0. The Morgan fingerprint density at radius 3 is 2.50 bits per heavy atom. The Kier molecular flexibility index (Phi) is 8.51. The standard InChI is InChI=1S/C20H22ClNO3S/c1-25-20(24)14-26-12-11-19(23)22-18(15-7-3-2-4-8-15)13-16-9-5-6-10-17(16)21/h2-10,18H,11-14H2,1H3,(H,22,23). The maximum atomic E-state index is 12.3. The largest absolute Gasteiger partial charge is 0.468 e. The van der Waals surface area contributed by atoms with E-state index in [1.807, 2.05) is 54.6 Å². The first-order chi connectivity index (χ1) is 12.6. The second kappa shape index (κ2) is 10.9. The average Bonchev–Trinajstić information content (AvgIpc) is 2.67. The zero-order chi connectivity index (χ0) is 18.8. The van der Waals surface area contributed by atoms with Gasteiger partial charge in [-0.25, -0.2) is 0 Å². The monoisotopic (exact) mass is 391 g/mol. The molecule has 4 nitrogen and oxygen atoms in total. The van der Waals surface area contributed by atoms with Crippen molar-refractivity contribution in [1.29, 1.82) is 0 Å². The van der Waals surface area contributed by atoms with E-state index in [0.717, 1.165) is 11.1 Å². The number of hydrogen-bond donors (Lipinski definition) is 1. The fourth-order valence-electron chi connectivity index (χ4n) is 2.47. The molecule has 0 saturated carbocycles.